The maximum atomic E-state index is 6.35. The summed E-state index contributed by atoms with van der Waals surface area (Å²) < 4.78 is 34.5. The molecular weight excluding hydrogens is 408 g/mol. The lowest BCUT2D eigenvalue weighted by atomic mass is 9.74. The Morgan fingerprint density at radius 2 is 1.34 bits per heavy atom. The van der Waals surface area contributed by atoms with Gasteiger partial charge in [0.1, 0.15) is 22.7 Å². The van der Waals surface area contributed by atoms with Crippen LogP contribution in [0.5, 0.6) is 23.0 Å². The van der Waals surface area contributed by atoms with Crippen LogP contribution in [-0.4, -0.2) is 28.4 Å². The molecule has 0 saturated heterocycles. The molecule has 4 aromatic rings. The van der Waals surface area contributed by atoms with Gasteiger partial charge in [0.05, 0.1) is 33.9 Å². The van der Waals surface area contributed by atoms with Crippen molar-refractivity contribution in [1.82, 2.24) is 0 Å². The topological polar surface area (TPSA) is 63.2 Å². The lowest BCUT2D eigenvalue weighted by Crippen LogP contribution is -2.23. The molecule has 164 valence electrons. The highest BCUT2D eigenvalue weighted by Crippen LogP contribution is 2.50. The Morgan fingerprint density at radius 1 is 0.750 bits per heavy atom. The van der Waals surface area contributed by atoms with Crippen molar-refractivity contribution >= 4 is 27.5 Å². The van der Waals surface area contributed by atoms with E-state index in [0.717, 1.165) is 33.4 Å². The molecule has 6 heteroatoms. The monoisotopic (exact) mass is 432 g/mol. The molecule has 2 aromatic carbocycles. The molecular formula is C26H24O6. The summed E-state index contributed by atoms with van der Waals surface area (Å²) in [4.78, 5) is 0. The molecule has 0 radical (unpaired) electrons. The van der Waals surface area contributed by atoms with Gasteiger partial charge in [-0.15, -0.1) is 0 Å². The van der Waals surface area contributed by atoms with Crippen LogP contribution in [0.15, 0.2) is 57.9 Å². The third-order valence-corrected chi connectivity index (χ3v) is 6.16. The number of benzene rings is 2. The molecule has 1 aliphatic carbocycles. The summed E-state index contributed by atoms with van der Waals surface area (Å²) in [6.07, 6.45) is 4.06. The Hall–Kier alpha value is -3.80. The van der Waals surface area contributed by atoms with E-state index >= 15 is 0 Å². The SMILES string of the molecule is C=C1C=C[C@](C)(c2cc3cc(OC)c(OC)cc3o2)c2c1oc1cc(OC)c(OC)cc21. The third-order valence-electron chi connectivity index (χ3n) is 6.16. The van der Waals surface area contributed by atoms with Crippen molar-refractivity contribution in [3.63, 3.8) is 0 Å². The van der Waals surface area contributed by atoms with Gasteiger partial charge in [0.2, 0.25) is 0 Å². The molecule has 0 saturated carbocycles. The molecule has 0 aliphatic heterocycles. The van der Waals surface area contributed by atoms with Gasteiger partial charge in [-0.3, -0.25) is 0 Å². The van der Waals surface area contributed by atoms with Crippen molar-refractivity contribution in [3.8, 4) is 23.0 Å². The van der Waals surface area contributed by atoms with E-state index in [0.29, 0.717) is 34.2 Å². The van der Waals surface area contributed by atoms with E-state index in [2.05, 4.69) is 19.6 Å². The Balaban J connectivity index is 1.77. The van der Waals surface area contributed by atoms with E-state index in [1.54, 1.807) is 28.4 Å². The van der Waals surface area contributed by atoms with Crippen LogP contribution in [-0.2, 0) is 5.41 Å². The van der Waals surface area contributed by atoms with Crippen LogP contribution < -0.4 is 18.9 Å². The largest absolute Gasteiger partial charge is 0.493 e. The summed E-state index contributed by atoms with van der Waals surface area (Å²) in [5.74, 6) is 3.99. The van der Waals surface area contributed by atoms with E-state index in [1.807, 2.05) is 36.4 Å². The Kier molecular flexibility index (Phi) is 4.48. The molecule has 5 rings (SSSR count). The molecule has 0 spiro atoms. The van der Waals surface area contributed by atoms with Crippen molar-refractivity contribution < 1.29 is 27.8 Å². The fourth-order valence-electron chi connectivity index (χ4n) is 4.42. The van der Waals surface area contributed by atoms with Gasteiger partial charge in [-0.25, -0.2) is 0 Å². The summed E-state index contributed by atoms with van der Waals surface area (Å²) >= 11 is 0. The number of ether oxygens (including phenoxy) is 4. The molecule has 6 nitrogen and oxygen atoms in total. The first kappa shape index (κ1) is 20.1. The zero-order valence-corrected chi connectivity index (χ0v) is 18.7. The summed E-state index contributed by atoms with van der Waals surface area (Å²) in [6.45, 7) is 6.28. The van der Waals surface area contributed by atoms with Gasteiger partial charge in [-0.2, -0.15) is 0 Å². The van der Waals surface area contributed by atoms with E-state index in [-0.39, 0.29) is 0 Å². The van der Waals surface area contributed by atoms with E-state index < -0.39 is 5.41 Å². The van der Waals surface area contributed by atoms with Crippen LogP contribution in [0.4, 0.5) is 0 Å². The van der Waals surface area contributed by atoms with Crippen LogP contribution >= 0.6 is 0 Å². The highest BCUT2D eigenvalue weighted by atomic mass is 16.5. The normalized spacial score (nSPS) is 17.6. The maximum absolute atomic E-state index is 6.35. The zero-order chi connectivity index (χ0) is 22.6. The van der Waals surface area contributed by atoms with Crippen LogP contribution in [0.25, 0.3) is 27.5 Å². The number of hydrogen-bond donors (Lipinski definition) is 0. The molecule has 0 fully saturated rings. The van der Waals surface area contributed by atoms with Crippen LogP contribution in [0.3, 0.4) is 0 Å². The fourth-order valence-corrected chi connectivity index (χ4v) is 4.42. The van der Waals surface area contributed by atoms with Crippen molar-refractivity contribution in [3.05, 3.63) is 66.1 Å². The minimum Gasteiger partial charge on any atom is -0.493 e. The highest BCUT2D eigenvalue weighted by Gasteiger charge is 2.39. The molecule has 0 unspecified atom stereocenters. The second-order valence-electron chi connectivity index (χ2n) is 7.93. The van der Waals surface area contributed by atoms with E-state index in [1.165, 1.54) is 0 Å². The summed E-state index contributed by atoms with van der Waals surface area (Å²) in [5.41, 5.74) is 2.58. The summed E-state index contributed by atoms with van der Waals surface area (Å²) in [7, 11) is 6.45. The maximum Gasteiger partial charge on any atom is 0.164 e. The van der Waals surface area contributed by atoms with Crippen molar-refractivity contribution in [2.24, 2.45) is 0 Å². The van der Waals surface area contributed by atoms with Gasteiger partial charge in [0, 0.05) is 34.0 Å². The van der Waals surface area contributed by atoms with E-state index in [9.17, 15) is 0 Å². The van der Waals surface area contributed by atoms with Gasteiger partial charge in [0.15, 0.2) is 23.0 Å². The number of furan rings is 2. The predicted molar refractivity (Wildman–Crippen MR) is 123 cm³/mol. The quantitative estimate of drug-likeness (QED) is 0.380. The molecule has 2 heterocycles. The zero-order valence-electron chi connectivity index (χ0n) is 18.7. The summed E-state index contributed by atoms with van der Waals surface area (Å²) in [6, 6.07) is 9.57. The number of fused-ring (bicyclic) bond motifs is 4. The molecule has 1 atom stereocenters. The molecule has 1 aliphatic rings. The average Bonchev–Trinajstić information content (AvgIpc) is 3.41. The third kappa shape index (κ3) is 2.72. The minimum absolute atomic E-state index is 0.596. The smallest absolute Gasteiger partial charge is 0.164 e. The minimum atomic E-state index is -0.596. The number of methoxy groups -OCH3 is 4. The first-order valence-corrected chi connectivity index (χ1v) is 10.2. The van der Waals surface area contributed by atoms with Crippen molar-refractivity contribution in [1.29, 1.82) is 0 Å². The molecule has 0 bridgehead atoms. The van der Waals surface area contributed by atoms with Gasteiger partial charge < -0.3 is 27.8 Å². The average molecular weight is 432 g/mol. The van der Waals surface area contributed by atoms with Crippen molar-refractivity contribution in [2.75, 3.05) is 28.4 Å². The molecule has 32 heavy (non-hydrogen) atoms. The number of rotatable bonds is 5. The summed E-state index contributed by atoms with van der Waals surface area (Å²) in [5, 5.41) is 1.84. The molecule has 0 N–H and O–H groups in total. The second-order valence-corrected chi connectivity index (χ2v) is 7.93. The second kappa shape index (κ2) is 7.12. The lowest BCUT2D eigenvalue weighted by molar-refractivity contribution is 0.355. The fraction of sp³-hybridized carbons (Fsp3) is 0.231. The predicted octanol–water partition coefficient (Wildman–Crippen LogP) is 6.10. The van der Waals surface area contributed by atoms with Crippen LogP contribution in [0, 0.1) is 0 Å². The van der Waals surface area contributed by atoms with Gasteiger partial charge in [0.25, 0.3) is 0 Å². The van der Waals surface area contributed by atoms with Gasteiger partial charge in [-0.05, 0) is 25.1 Å². The first-order valence-electron chi connectivity index (χ1n) is 10.2. The molecule has 2 aromatic heterocycles. The van der Waals surface area contributed by atoms with Crippen LogP contribution in [0.1, 0.15) is 24.0 Å². The van der Waals surface area contributed by atoms with E-state index in [4.69, 9.17) is 27.8 Å². The van der Waals surface area contributed by atoms with Crippen LogP contribution in [0.2, 0.25) is 0 Å². The number of hydrogen-bond acceptors (Lipinski definition) is 6. The number of allylic oxidation sites excluding steroid dienone is 3. The Morgan fingerprint density at radius 3 is 2.00 bits per heavy atom. The first-order chi connectivity index (χ1) is 15.4. The van der Waals surface area contributed by atoms with Crippen molar-refractivity contribution in [2.45, 2.75) is 12.3 Å². The highest BCUT2D eigenvalue weighted by molar-refractivity contribution is 5.94. The Bertz CT molecular complexity index is 1360. The standard InChI is InChI=1S/C26H24O6/c1-14-7-8-26(2,23-10-15-9-19(27-3)21(29-5)12-17(15)31-23)24-16-11-20(28-4)22(30-6)13-18(16)32-25(14)24/h7-13H,1H2,2-6H3/t26-/m1/s1. The van der Waals surface area contributed by atoms with Gasteiger partial charge in [-0.1, -0.05) is 18.7 Å². The van der Waals surface area contributed by atoms with Gasteiger partial charge >= 0.3 is 0 Å². The lowest BCUT2D eigenvalue weighted by Gasteiger charge is -2.27. The Labute approximate surface area is 185 Å². The molecule has 0 amide bonds.